The molecule has 5 heteroatoms. The molecule has 0 aromatic carbocycles. The first kappa shape index (κ1) is 11.3. The van der Waals surface area contributed by atoms with E-state index >= 15 is 0 Å². The van der Waals surface area contributed by atoms with Gasteiger partial charge in [-0.05, 0) is 12.8 Å². The molecule has 0 amide bonds. The van der Waals surface area contributed by atoms with E-state index in [0.717, 1.165) is 0 Å². The van der Waals surface area contributed by atoms with E-state index in [-0.39, 0.29) is 17.1 Å². The molecule has 0 unspecified atom stereocenters. The molecule has 0 fully saturated rings. The van der Waals surface area contributed by atoms with Crippen LogP contribution in [0.25, 0.3) is 0 Å². The van der Waals surface area contributed by atoms with Gasteiger partial charge in [-0.25, -0.2) is 0 Å². The Bertz CT molecular complexity index is 97.1. The zero-order chi connectivity index (χ0) is 6.57. The van der Waals surface area contributed by atoms with Crippen molar-refractivity contribution in [3.63, 3.8) is 0 Å². The Morgan fingerprint density at radius 2 is 1.22 bits per heavy atom. The summed E-state index contributed by atoms with van der Waals surface area (Å²) >= 11 is 0. The molecule has 0 spiro atoms. The molecular weight excluding hydrogens is 167 g/mol. The van der Waals surface area contributed by atoms with E-state index in [1.165, 1.54) is 0 Å². The van der Waals surface area contributed by atoms with Gasteiger partial charge in [-0.1, -0.05) is 0 Å². The average molecular weight is 171 g/mol. The molecule has 0 rings (SSSR count). The van der Waals surface area contributed by atoms with Crippen molar-refractivity contribution in [1.82, 2.24) is 0 Å². The smallest absolute Gasteiger partial charge is 0.0418 e. The maximum Gasteiger partial charge on any atom is 0.0418 e. The zero-order valence-electron chi connectivity index (χ0n) is 4.43. The molecule has 0 aliphatic carbocycles. The van der Waals surface area contributed by atoms with Gasteiger partial charge < -0.3 is 19.8 Å². The maximum atomic E-state index is 9.50. The summed E-state index contributed by atoms with van der Waals surface area (Å²) in [7, 11) is 0. The molecule has 0 aliphatic rings. The average Bonchev–Trinajstić information content (AvgIpc) is 1.61. The summed E-state index contributed by atoms with van der Waals surface area (Å²) < 4.78 is 0. The summed E-state index contributed by atoms with van der Waals surface area (Å²) in [6.07, 6.45) is -0.940. The first-order valence-electron chi connectivity index (χ1n) is 2.02. The van der Waals surface area contributed by atoms with Gasteiger partial charge in [0, 0.05) is 29.0 Å². The van der Waals surface area contributed by atoms with Crippen LogP contribution in [0.15, 0.2) is 0 Å². The summed E-state index contributed by atoms with van der Waals surface area (Å²) in [5, 5.41) is 19.0. The fraction of sp³-hybridized carbons (Fsp3) is 0.500. The van der Waals surface area contributed by atoms with Crippen molar-refractivity contribution < 1.29 is 36.9 Å². The summed E-state index contributed by atoms with van der Waals surface area (Å²) in [4.78, 5) is 19.0. The Labute approximate surface area is 62.3 Å². The molecule has 9 heavy (non-hydrogen) atoms. The van der Waals surface area contributed by atoms with Crippen molar-refractivity contribution >= 4 is 11.9 Å². The van der Waals surface area contributed by atoms with Gasteiger partial charge in [0.2, 0.25) is 0 Å². The van der Waals surface area contributed by atoms with Crippen LogP contribution in [0.2, 0.25) is 0 Å². The number of aliphatic carboxylic acids is 2. The Balaban J connectivity index is 0. The number of carboxylic acids is 2. The second-order valence-electron chi connectivity index (χ2n) is 1.24. The van der Waals surface area contributed by atoms with Crippen molar-refractivity contribution in [1.29, 1.82) is 0 Å². The molecule has 0 heterocycles. The minimum atomic E-state index is -1.37. The van der Waals surface area contributed by atoms with E-state index < -0.39 is 24.8 Å². The SMILES string of the molecule is O=C([O-])CCC(=O)[O-].[Mn]. The molecule has 0 N–H and O–H groups in total. The van der Waals surface area contributed by atoms with Crippen molar-refractivity contribution in [2.24, 2.45) is 0 Å². The number of carboxylic acid groups (broad SMARTS) is 2. The molecule has 0 aromatic heterocycles. The number of carbonyl (C=O) groups excluding carboxylic acids is 2. The van der Waals surface area contributed by atoms with Crippen molar-refractivity contribution in [2.75, 3.05) is 0 Å². The zero-order valence-corrected chi connectivity index (χ0v) is 5.61. The fourth-order valence-corrected chi connectivity index (χ4v) is 0.204. The fourth-order valence-electron chi connectivity index (χ4n) is 0.204. The van der Waals surface area contributed by atoms with Gasteiger partial charge in [-0.2, -0.15) is 0 Å². The van der Waals surface area contributed by atoms with Gasteiger partial charge in [-0.3, -0.25) is 0 Å². The maximum absolute atomic E-state index is 9.50. The predicted octanol–water partition coefficient (Wildman–Crippen LogP) is -2.74. The van der Waals surface area contributed by atoms with Crippen LogP contribution in [0.5, 0.6) is 0 Å². The van der Waals surface area contributed by atoms with Crippen LogP contribution >= 0.6 is 0 Å². The summed E-state index contributed by atoms with van der Waals surface area (Å²) in [6.45, 7) is 0. The minimum absolute atomic E-state index is 0. The van der Waals surface area contributed by atoms with Gasteiger partial charge in [0.25, 0.3) is 0 Å². The van der Waals surface area contributed by atoms with Gasteiger partial charge in [0.05, 0.1) is 0 Å². The first-order valence-corrected chi connectivity index (χ1v) is 2.02. The van der Waals surface area contributed by atoms with E-state index in [1.54, 1.807) is 0 Å². The van der Waals surface area contributed by atoms with E-state index in [2.05, 4.69) is 0 Å². The van der Waals surface area contributed by atoms with Gasteiger partial charge in [0.1, 0.15) is 0 Å². The van der Waals surface area contributed by atoms with E-state index in [9.17, 15) is 19.8 Å². The molecule has 4 nitrogen and oxygen atoms in total. The third-order valence-corrected chi connectivity index (χ3v) is 0.533. The molecule has 1 radical (unpaired) electrons. The van der Waals surface area contributed by atoms with Crippen LogP contribution in [-0.4, -0.2) is 11.9 Å². The number of hydrogen-bond acceptors (Lipinski definition) is 4. The van der Waals surface area contributed by atoms with Gasteiger partial charge >= 0.3 is 0 Å². The van der Waals surface area contributed by atoms with Gasteiger partial charge in [-0.15, -0.1) is 0 Å². The number of carbonyl (C=O) groups is 2. The Morgan fingerprint density at radius 3 is 1.33 bits per heavy atom. The van der Waals surface area contributed by atoms with Crippen molar-refractivity contribution in [2.45, 2.75) is 12.8 Å². The molecule has 0 aliphatic heterocycles. The predicted molar refractivity (Wildman–Crippen MR) is 19.2 cm³/mol. The molecule has 0 saturated heterocycles. The minimum Gasteiger partial charge on any atom is -0.550 e. The summed E-state index contributed by atoms with van der Waals surface area (Å²) in [5.74, 6) is -2.73. The first-order chi connectivity index (χ1) is 3.63. The largest absolute Gasteiger partial charge is 0.550 e. The van der Waals surface area contributed by atoms with Crippen molar-refractivity contribution in [3.8, 4) is 0 Å². The normalized spacial score (nSPS) is 7.56. The number of hydrogen-bond donors (Lipinski definition) is 0. The Hall–Kier alpha value is -0.541. The Kier molecular flexibility index (Phi) is 7.01. The van der Waals surface area contributed by atoms with Crippen LogP contribution in [0.3, 0.4) is 0 Å². The van der Waals surface area contributed by atoms with E-state index in [1.807, 2.05) is 0 Å². The summed E-state index contributed by atoms with van der Waals surface area (Å²) in [6, 6.07) is 0. The van der Waals surface area contributed by atoms with Gasteiger partial charge in [0.15, 0.2) is 0 Å². The molecule has 0 aromatic rings. The molecule has 0 atom stereocenters. The second kappa shape index (κ2) is 5.59. The number of rotatable bonds is 3. The third kappa shape index (κ3) is 11.2. The monoisotopic (exact) mass is 171 g/mol. The quantitative estimate of drug-likeness (QED) is 0.431. The second-order valence-corrected chi connectivity index (χ2v) is 1.24. The Morgan fingerprint density at radius 1 is 1.00 bits per heavy atom. The van der Waals surface area contributed by atoms with Crippen molar-refractivity contribution in [3.05, 3.63) is 0 Å². The molecule has 0 bridgehead atoms. The van der Waals surface area contributed by atoms with Crippen LogP contribution in [-0.2, 0) is 26.7 Å². The van der Waals surface area contributed by atoms with Crippen LogP contribution in [0.1, 0.15) is 12.8 Å². The molecular formula is C4H4MnO4-2. The topological polar surface area (TPSA) is 80.3 Å². The molecule has 0 saturated carbocycles. The van der Waals surface area contributed by atoms with Crippen LogP contribution in [0, 0.1) is 0 Å². The standard InChI is InChI=1S/C4H6O4.Mn/c5-3(6)1-2-4(7)8;/h1-2H2,(H,5,6)(H,7,8);/p-2. The van der Waals surface area contributed by atoms with E-state index in [4.69, 9.17) is 0 Å². The van der Waals surface area contributed by atoms with Crippen LogP contribution < -0.4 is 10.2 Å². The third-order valence-electron chi connectivity index (χ3n) is 0.533. The van der Waals surface area contributed by atoms with E-state index in [0.29, 0.717) is 0 Å². The molecule has 53 valence electrons. The van der Waals surface area contributed by atoms with Crippen LogP contribution in [0.4, 0.5) is 0 Å². The summed E-state index contributed by atoms with van der Waals surface area (Å²) in [5.41, 5.74) is 0.